The highest BCUT2D eigenvalue weighted by molar-refractivity contribution is 6.25. The Kier molecular flexibility index (Phi) is 1.57. The lowest BCUT2D eigenvalue weighted by atomic mass is 9.97. The third-order valence-corrected chi connectivity index (χ3v) is 2.92. The zero-order valence-electron chi connectivity index (χ0n) is 6.51. The minimum absolute atomic E-state index is 0.223. The Bertz CT molecular complexity index is 387. The van der Waals surface area contributed by atoms with Gasteiger partial charge >= 0.3 is 11.7 Å². The quantitative estimate of drug-likeness (QED) is 0.389. The zero-order valence-corrected chi connectivity index (χ0v) is 7.26. The lowest BCUT2D eigenvalue weighted by Crippen LogP contribution is -2.55. The van der Waals surface area contributed by atoms with E-state index in [-0.39, 0.29) is 11.1 Å². The van der Waals surface area contributed by atoms with Gasteiger partial charge in [0.15, 0.2) is 0 Å². The van der Waals surface area contributed by atoms with Crippen LogP contribution in [-0.4, -0.2) is 22.0 Å². The van der Waals surface area contributed by atoms with E-state index >= 15 is 0 Å². The summed E-state index contributed by atoms with van der Waals surface area (Å²) in [4.78, 5) is 9.11. The summed E-state index contributed by atoms with van der Waals surface area (Å²) in [5.74, 6) is 0. The van der Waals surface area contributed by atoms with Gasteiger partial charge in [-0.15, -0.1) is 11.6 Å². The Labute approximate surface area is 81.0 Å². The molecule has 0 aromatic heterocycles. The number of halogens is 4. The molecule has 0 aromatic carbocycles. The van der Waals surface area contributed by atoms with Gasteiger partial charge in [-0.1, -0.05) is 0 Å². The molecule has 0 heterocycles. The topological polar surface area (TPSA) is 43.1 Å². The molecule has 3 nitrogen and oxygen atoms in total. The first-order chi connectivity index (χ1) is 6.30. The van der Waals surface area contributed by atoms with E-state index in [4.69, 9.17) is 11.6 Å². The second kappa shape index (κ2) is 2.31. The van der Waals surface area contributed by atoms with Gasteiger partial charge < -0.3 is 0 Å². The predicted molar refractivity (Wildman–Crippen MR) is 41.6 cm³/mol. The minimum Gasteiger partial charge on any atom is -0.263 e. The van der Waals surface area contributed by atoms with E-state index in [1.165, 1.54) is 6.08 Å². The van der Waals surface area contributed by atoms with E-state index in [9.17, 15) is 23.3 Å². The van der Waals surface area contributed by atoms with Crippen molar-refractivity contribution in [3.8, 4) is 0 Å². The van der Waals surface area contributed by atoms with E-state index in [1.807, 2.05) is 0 Å². The molecule has 0 spiro atoms. The monoisotopic (exact) mass is 225 g/mol. The van der Waals surface area contributed by atoms with Gasteiger partial charge in [-0.2, -0.15) is 13.2 Å². The van der Waals surface area contributed by atoms with E-state index in [0.29, 0.717) is 6.08 Å². The summed E-state index contributed by atoms with van der Waals surface area (Å²) in [7, 11) is 0. The van der Waals surface area contributed by atoms with Crippen molar-refractivity contribution in [2.75, 3.05) is 0 Å². The highest BCUT2D eigenvalue weighted by atomic mass is 35.5. The van der Waals surface area contributed by atoms with Crippen molar-refractivity contribution < 1.29 is 18.1 Å². The molecule has 2 aliphatic carbocycles. The van der Waals surface area contributed by atoms with Gasteiger partial charge in [0.25, 0.3) is 0 Å². The maximum Gasteiger partial charge on any atom is 0.466 e. The largest absolute Gasteiger partial charge is 0.466 e. The normalized spacial score (nSPS) is 34.7. The molecule has 0 N–H and O–H groups in total. The Morgan fingerprint density at radius 1 is 1.57 bits per heavy atom. The summed E-state index contributed by atoms with van der Waals surface area (Å²) < 4.78 is 37.5. The summed E-state index contributed by atoms with van der Waals surface area (Å²) in [6.45, 7) is 0. The first-order valence-electron chi connectivity index (χ1n) is 3.61. The maximum atomic E-state index is 12.5. The standard InChI is InChI=1S/C7H3ClF3NO2/c8-5-4-1-3(4)2-6(5,12(13)14)7(9,10)11/h1-2,5H/t5-,6+/m0/s1. The molecule has 0 saturated heterocycles. The van der Waals surface area contributed by atoms with Gasteiger partial charge in [0.2, 0.25) is 0 Å². The average Bonchev–Trinajstić information content (AvgIpc) is 2.69. The van der Waals surface area contributed by atoms with Crippen LogP contribution in [0.25, 0.3) is 0 Å². The Hall–Kier alpha value is -1.04. The average molecular weight is 226 g/mol. The molecular weight excluding hydrogens is 223 g/mol. The molecule has 14 heavy (non-hydrogen) atoms. The van der Waals surface area contributed by atoms with Crippen LogP contribution < -0.4 is 0 Å². The number of hydrogen-bond acceptors (Lipinski definition) is 2. The Morgan fingerprint density at radius 3 is 2.36 bits per heavy atom. The van der Waals surface area contributed by atoms with Crippen LogP contribution in [0, 0.1) is 10.1 Å². The number of fused-ring (bicyclic) bond motifs is 1. The van der Waals surface area contributed by atoms with Gasteiger partial charge in [0, 0.05) is 11.0 Å². The van der Waals surface area contributed by atoms with Crippen molar-refractivity contribution >= 4 is 11.6 Å². The van der Waals surface area contributed by atoms with Crippen molar-refractivity contribution in [2.45, 2.75) is 17.1 Å². The lowest BCUT2D eigenvalue weighted by molar-refractivity contribution is -0.594. The summed E-state index contributed by atoms with van der Waals surface area (Å²) in [6.07, 6.45) is -2.98. The molecule has 0 fully saturated rings. The lowest BCUT2D eigenvalue weighted by Gasteiger charge is -2.24. The zero-order chi connectivity index (χ0) is 10.7. The summed E-state index contributed by atoms with van der Waals surface area (Å²) in [5, 5.41) is 8.84. The summed E-state index contributed by atoms with van der Waals surface area (Å²) in [5.41, 5.74) is -2.66. The molecule has 7 heteroatoms. The van der Waals surface area contributed by atoms with Crippen LogP contribution in [-0.2, 0) is 0 Å². The molecule has 2 aliphatic rings. The fourth-order valence-electron chi connectivity index (χ4n) is 1.50. The number of alkyl halides is 4. The van der Waals surface area contributed by atoms with Gasteiger partial charge in [0.1, 0.15) is 5.38 Å². The van der Waals surface area contributed by atoms with Gasteiger partial charge in [0.05, 0.1) is 0 Å². The number of nitro groups is 1. The van der Waals surface area contributed by atoms with Crippen LogP contribution in [0.2, 0.25) is 0 Å². The molecule has 2 atom stereocenters. The van der Waals surface area contributed by atoms with Crippen LogP contribution in [0.5, 0.6) is 0 Å². The van der Waals surface area contributed by atoms with Crippen molar-refractivity contribution in [2.24, 2.45) is 0 Å². The predicted octanol–water partition coefficient (Wildman–Crippen LogP) is 2.05. The number of rotatable bonds is 1. The second-order valence-electron chi connectivity index (χ2n) is 3.14. The smallest absolute Gasteiger partial charge is 0.263 e. The van der Waals surface area contributed by atoms with Crippen LogP contribution in [0.15, 0.2) is 23.3 Å². The highest BCUT2D eigenvalue weighted by Gasteiger charge is 2.74. The van der Waals surface area contributed by atoms with Crippen LogP contribution in [0.1, 0.15) is 0 Å². The van der Waals surface area contributed by atoms with Gasteiger partial charge in [-0.05, 0) is 17.2 Å². The maximum absolute atomic E-state index is 12.5. The molecule has 0 aromatic rings. The van der Waals surface area contributed by atoms with Crippen LogP contribution in [0.3, 0.4) is 0 Å². The van der Waals surface area contributed by atoms with E-state index < -0.39 is 22.0 Å². The second-order valence-corrected chi connectivity index (χ2v) is 3.58. The summed E-state index contributed by atoms with van der Waals surface area (Å²) >= 11 is 5.42. The number of allylic oxidation sites excluding steroid dienone is 2. The summed E-state index contributed by atoms with van der Waals surface area (Å²) in [6, 6.07) is 0. The number of nitrogens with zero attached hydrogens (tertiary/aromatic N) is 1. The molecule has 0 saturated carbocycles. The third kappa shape index (κ3) is 0.890. The molecule has 0 aliphatic heterocycles. The highest BCUT2D eigenvalue weighted by Crippen LogP contribution is 2.54. The van der Waals surface area contributed by atoms with E-state index in [2.05, 4.69) is 0 Å². The Balaban J connectivity index is 2.50. The third-order valence-electron chi connectivity index (χ3n) is 2.35. The SMILES string of the molecule is O=[N+]([O-])[C@]1(C(F)(F)F)C=C2C=C2[C@@H]1Cl. The molecule has 0 bridgehead atoms. The molecule has 0 radical (unpaired) electrons. The van der Waals surface area contributed by atoms with Gasteiger partial charge in [-0.3, -0.25) is 10.1 Å². The van der Waals surface area contributed by atoms with E-state index in [1.54, 1.807) is 0 Å². The molecule has 76 valence electrons. The first-order valence-corrected chi connectivity index (χ1v) is 4.04. The van der Waals surface area contributed by atoms with Gasteiger partial charge in [-0.25, -0.2) is 0 Å². The van der Waals surface area contributed by atoms with Crippen molar-refractivity contribution in [1.29, 1.82) is 0 Å². The van der Waals surface area contributed by atoms with Crippen molar-refractivity contribution in [3.63, 3.8) is 0 Å². The first kappa shape index (κ1) is 9.51. The fourth-order valence-corrected chi connectivity index (χ4v) is 1.95. The number of hydrogen-bond donors (Lipinski definition) is 0. The molecular formula is C7H3ClF3NO2. The molecule has 0 unspecified atom stereocenters. The van der Waals surface area contributed by atoms with Crippen molar-refractivity contribution in [1.82, 2.24) is 0 Å². The van der Waals surface area contributed by atoms with Crippen LogP contribution >= 0.6 is 11.6 Å². The Morgan fingerprint density at radius 2 is 2.14 bits per heavy atom. The minimum atomic E-state index is -4.97. The molecule has 0 amide bonds. The molecule has 2 rings (SSSR count). The van der Waals surface area contributed by atoms with E-state index in [0.717, 1.165) is 0 Å². The van der Waals surface area contributed by atoms with Crippen LogP contribution in [0.4, 0.5) is 13.2 Å². The van der Waals surface area contributed by atoms with Crippen molar-refractivity contribution in [3.05, 3.63) is 33.4 Å². The fraction of sp³-hybridized carbons (Fsp3) is 0.429.